The van der Waals surface area contributed by atoms with Gasteiger partial charge in [-0.25, -0.2) is 5.01 Å². The lowest BCUT2D eigenvalue weighted by atomic mass is 9.97. The van der Waals surface area contributed by atoms with Crippen LogP contribution in [0.5, 0.6) is 5.75 Å². The van der Waals surface area contributed by atoms with E-state index in [0.717, 1.165) is 40.5 Å². The predicted molar refractivity (Wildman–Crippen MR) is 112 cm³/mol. The predicted octanol–water partition coefficient (Wildman–Crippen LogP) is 6.21. The van der Waals surface area contributed by atoms with Gasteiger partial charge in [0.15, 0.2) is 0 Å². The lowest BCUT2D eigenvalue weighted by Gasteiger charge is -2.38. The van der Waals surface area contributed by atoms with Gasteiger partial charge in [-0.05, 0) is 55.6 Å². The lowest BCUT2D eigenvalue weighted by molar-refractivity contribution is -0.0190. The normalized spacial score (nSPS) is 20.4. The van der Waals surface area contributed by atoms with Gasteiger partial charge < -0.3 is 9.15 Å². The summed E-state index contributed by atoms with van der Waals surface area (Å²) in [6, 6.07) is 18.3. The molecule has 142 valence electrons. The van der Waals surface area contributed by atoms with Crippen molar-refractivity contribution >= 4 is 29.1 Å². The number of furan rings is 1. The fraction of sp³-hybridized carbons (Fsp3) is 0.227. The van der Waals surface area contributed by atoms with Crippen molar-refractivity contribution < 1.29 is 9.15 Å². The van der Waals surface area contributed by atoms with E-state index < -0.39 is 0 Å². The highest BCUT2D eigenvalue weighted by Crippen LogP contribution is 2.48. The molecule has 0 radical (unpaired) electrons. The molecule has 6 heteroatoms. The number of fused-ring (bicyclic) bond motifs is 3. The first-order chi connectivity index (χ1) is 13.6. The van der Waals surface area contributed by atoms with Crippen LogP contribution in [0.4, 0.5) is 0 Å². The third-order valence-corrected chi connectivity index (χ3v) is 6.16. The van der Waals surface area contributed by atoms with Crippen LogP contribution < -0.4 is 4.74 Å². The standard InChI is InChI=1S/C22H19ClN2O2S/c1-13-3-9-21(26-13)18-12-19-17-11-15(23)6-10-20(17)27-22(25(19)24-18)14-4-7-16(28-2)8-5-14/h3-11,19,22H,12H2,1-2H3. The summed E-state index contributed by atoms with van der Waals surface area (Å²) >= 11 is 8.00. The SMILES string of the molecule is CSc1ccc(C2Oc3ccc(Cl)cc3C3CC(c4ccc(C)o4)=NN32)cc1. The second kappa shape index (κ2) is 6.90. The number of rotatable bonds is 3. The largest absolute Gasteiger partial charge is 0.464 e. The number of hydrazone groups is 1. The molecule has 3 aromatic rings. The summed E-state index contributed by atoms with van der Waals surface area (Å²) in [6.07, 6.45) is 2.54. The van der Waals surface area contributed by atoms with Crippen molar-refractivity contribution in [3.8, 4) is 5.75 Å². The quantitative estimate of drug-likeness (QED) is 0.481. The minimum Gasteiger partial charge on any atom is -0.464 e. The van der Waals surface area contributed by atoms with Crippen LogP contribution in [0, 0.1) is 6.92 Å². The Kier molecular flexibility index (Phi) is 4.37. The van der Waals surface area contributed by atoms with Gasteiger partial charge in [0.05, 0.1) is 6.04 Å². The van der Waals surface area contributed by atoms with Gasteiger partial charge in [0.1, 0.15) is 23.0 Å². The summed E-state index contributed by atoms with van der Waals surface area (Å²) in [4.78, 5) is 1.22. The molecule has 5 rings (SSSR count). The molecule has 0 spiro atoms. The molecule has 0 fully saturated rings. The van der Waals surface area contributed by atoms with E-state index >= 15 is 0 Å². The lowest BCUT2D eigenvalue weighted by Crippen LogP contribution is -2.33. The number of hydrogen-bond donors (Lipinski definition) is 0. The highest BCUT2D eigenvalue weighted by atomic mass is 35.5. The Morgan fingerprint density at radius 2 is 1.93 bits per heavy atom. The van der Waals surface area contributed by atoms with Gasteiger partial charge in [0.2, 0.25) is 6.23 Å². The number of nitrogens with zero attached hydrogens (tertiary/aromatic N) is 2. The summed E-state index contributed by atoms with van der Waals surface area (Å²) in [5.74, 6) is 2.55. The van der Waals surface area contributed by atoms with E-state index in [2.05, 4.69) is 30.5 Å². The molecule has 0 saturated heterocycles. The van der Waals surface area contributed by atoms with Gasteiger partial charge in [0.25, 0.3) is 0 Å². The van der Waals surface area contributed by atoms with Crippen LogP contribution in [-0.2, 0) is 0 Å². The third-order valence-electron chi connectivity index (χ3n) is 5.18. The Morgan fingerprint density at radius 1 is 1.11 bits per heavy atom. The molecular weight excluding hydrogens is 392 g/mol. The van der Waals surface area contributed by atoms with Crippen molar-refractivity contribution in [1.82, 2.24) is 5.01 Å². The molecule has 2 atom stereocenters. The van der Waals surface area contributed by atoms with Crippen molar-refractivity contribution in [2.45, 2.75) is 30.5 Å². The van der Waals surface area contributed by atoms with E-state index in [1.807, 2.05) is 42.3 Å². The Hall–Kier alpha value is -2.37. The van der Waals surface area contributed by atoms with Crippen LogP contribution in [0.25, 0.3) is 0 Å². The van der Waals surface area contributed by atoms with Gasteiger partial charge in [-0.3, -0.25) is 0 Å². The Labute approximate surface area is 173 Å². The fourth-order valence-electron chi connectivity index (χ4n) is 3.79. The Bertz CT molecular complexity index is 1060. The van der Waals surface area contributed by atoms with Crippen molar-refractivity contribution in [1.29, 1.82) is 0 Å². The van der Waals surface area contributed by atoms with E-state index in [1.165, 1.54) is 4.90 Å². The highest BCUT2D eigenvalue weighted by Gasteiger charge is 2.41. The smallest absolute Gasteiger partial charge is 0.213 e. The number of benzene rings is 2. The zero-order chi connectivity index (χ0) is 19.3. The first-order valence-electron chi connectivity index (χ1n) is 9.15. The highest BCUT2D eigenvalue weighted by molar-refractivity contribution is 7.98. The average molecular weight is 411 g/mol. The Balaban J connectivity index is 1.58. The van der Waals surface area contributed by atoms with E-state index in [9.17, 15) is 0 Å². The second-order valence-corrected chi connectivity index (χ2v) is 8.30. The molecule has 0 bridgehead atoms. The van der Waals surface area contributed by atoms with Gasteiger partial charge in [0, 0.05) is 27.5 Å². The van der Waals surface area contributed by atoms with Gasteiger partial charge in [-0.2, -0.15) is 5.10 Å². The maximum atomic E-state index is 6.37. The van der Waals surface area contributed by atoms with Crippen LogP contribution in [0.2, 0.25) is 5.02 Å². The van der Waals surface area contributed by atoms with E-state index in [0.29, 0.717) is 5.02 Å². The number of ether oxygens (including phenoxy) is 1. The fourth-order valence-corrected chi connectivity index (χ4v) is 4.37. The molecule has 2 aliphatic rings. The summed E-state index contributed by atoms with van der Waals surface area (Å²) in [7, 11) is 0. The maximum Gasteiger partial charge on any atom is 0.213 e. The topological polar surface area (TPSA) is 38.0 Å². The number of thioether (sulfide) groups is 1. The maximum absolute atomic E-state index is 6.37. The summed E-state index contributed by atoms with van der Waals surface area (Å²) in [6.45, 7) is 1.95. The minimum absolute atomic E-state index is 0.0630. The van der Waals surface area contributed by atoms with E-state index in [1.54, 1.807) is 11.8 Å². The number of halogens is 1. The molecule has 0 aliphatic carbocycles. The monoisotopic (exact) mass is 410 g/mol. The van der Waals surface area contributed by atoms with Gasteiger partial charge >= 0.3 is 0 Å². The van der Waals surface area contributed by atoms with Crippen LogP contribution in [0.15, 0.2) is 69.0 Å². The van der Waals surface area contributed by atoms with Crippen LogP contribution in [0.1, 0.15) is 41.3 Å². The van der Waals surface area contributed by atoms with E-state index in [-0.39, 0.29) is 12.3 Å². The molecule has 28 heavy (non-hydrogen) atoms. The van der Waals surface area contributed by atoms with Crippen molar-refractivity contribution in [3.63, 3.8) is 0 Å². The molecule has 1 aromatic heterocycles. The number of hydrogen-bond acceptors (Lipinski definition) is 5. The molecule has 2 unspecified atom stereocenters. The first-order valence-corrected chi connectivity index (χ1v) is 10.8. The van der Waals surface area contributed by atoms with Crippen molar-refractivity contribution in [2.75, 3.05) is 6.26 Å². The molecule has 0 N–H and O–H groups in total. The summed E-state index contributed by atoms with van der Waals surface area (Å²) in [5, 5.41) is 7.65. The van der Waals surface area contributed by atoms with E-state index in [4.69, 9.17) is 25.9 Å². The van der Waals surface area contributed by atoms with Crippen LogP contribution in [-0.4, -0.2) is 17.0 Å². The zero-order valence-electron chi connectivity index (χ0n) is 15.6. The molecule has 0 saturated carbocycles. The molecule has 2 aromatic carbocycles. The van der Waals surface area contributed by atoms with Crippen LogP contribution >= 0.6 is 23.4 Å². The summed E-state index contributed by atoms with van der Waals surface area (Å²) < 4.78 is 12.2. The van der Waals surface area contributed by atoms with Crippen LogP contribution in [0.3, 0.4) is 0 Å². The van der Waals surface area contributed by atoms with Crippen molar-refractivity contribution in [3.05, 3.63) is 82.3 Å². The molecule has 2 aliphatic heterocycles. The van der Waals surface area contributed by atoms with Gasteiger partial charge in [-0.15, -0.1) is 11.8 Å². The molecule has 0 amide bonds. The Morgan fingerprint density at radius 3 is 2.64 bits per heavy atom. The molecule has 4 nitrogen and oxygen atoms in total. The first kappa shape index (κ1) is 17.7. The second-order valence-electron chi connectivity index (χ2n) is 6.98. The zero-order valence-corrected chi connectivity index (χ0v) is 17.1. The van der Waals surface area contributed by atoms with Crippen molar-refractivity contribution in [2.24, 2.45) is 5.10 Å². The molecule has 3 heterocycles. The molecular formula is C22H19ClN2O2S. The van der Waals surface area contributed by atoms with Gasteiger partial charge in [-0.1, -0.05) is 23.7 Å². The average Bonchev–Trinajstić information content (AvgIpc) is 3.34. The summed E-state index contributed by atoms with van der Waals surface area (Å²) in [5.41, 5.74) is 3.07. The minimum atomic E-state index is -0.289. The number of aryl methyl sites for hydroxylation is 1. The third kappa shape index (κ3) is 2.99.